The summed E-state index contributed by atoms with van der Waals surface area (Å²) in [5.74, 6) is -0.399. The molecule has 9 heteroatoms. The fraction of sp³-hybridized carbons (Fsp3) is 0.444. The van der Waals surface area contributed by atoms with E-state index in [1.807, 2.05) is 20.8 Å². The van der Waals surface area contributed by atoms with Crippen LogP contribution in [0.2, 0.25) is 5.02 Å². The van der Waals surface area contributed by atoms with Crippen molar-refractivity contribution >= 4 is 23.6 Å². The lowest BCUT2D eigenvalue weighted by Crippen LogP contribution is -2.65. The highest BCUT2D eigenvalue weighted by atomic mass is 35.5. The highest BCUT2D eigenvalue weighted by Crippen LogP contribution is 2.34. The van der Waals surface area contributed by atoms with Gasteiger partial charge in [0.2, 0.25) is 5.91 Å². The number of hydrogen-bond donors (Lipinski definition) is 3. The average molecular weight is 394 g/mol. The monoisotopic (exact) mass is 393 g/mol. The van der Waals surface area contributed by atoms with Gasteiger partial charge >= 0.3 is 6.09 Å². The average Bonchev–Trinajstić information content (AvgIpc) is 3.10. The van der Waals surface area contributed by atoms with Crippen LogP contribution in [0.25, 0.3) is 5.69 Å². The molecule has 146 valence electrons. The second-order valence-corrected chi connectivity index (χ2v) is 7.67. The number of benzene rings is 1. The maximum atomic E-state index is 13.0. The third-order valence-electron chi connectivity index (χ3n) is 4.67. The van der Waals surface area contributed by atoms with Gasteiger partial charge in [-0.3, -0.25) is 4.79 Å². The Labute approximate surface area is 162 Å². The van der Waals surface area contributed by atoms with Crippen LogP contribution in [-0.2, 0) is 11.3 Å². The Balaban J connectivity index is 2.30. The molecular weight excluding hydrogens is 370 g/mol. The molecule has 0 fully saturated rings. The first-order chi connectivity index (χ1) is 12.6. The third-order valence-corrected chi connectivity index (χ3v) is 4.90. The van der Waals surface area contributed by atoms with E-state index in [4.69, 9.17) is 11.6 Å². The van der Waals surface area contributed by atoms with Gasteiger partial charge in [-0.25, -0.2) is 14.5 Å². The molecule has 3 N–H and O–H groups in total. The second kappa shape index (κ2) is 7.96. The maximum absolute atomic E-state index is 13.0. The van der Waals surface area contributed by atoms with Crippen molar-refractivity contribution in [3.63, 3.8) is 0 Å². The number of halogens is 1. The lowest BCUT2D eigenvalue weighted by atomic mass is 9.71. The Hall–Kier alpha value is -2.61. The Bertz CT molecular complexity index is 817. The fourth-order valence-corrected chi connectivity index (χ4v) is 3.32. The van der Waals surface area contributed by atoms with Crippen LogP contribution in [0.1, 0.15) is 39.7 Å². The van der Waals surface area contributed by atoms with Crippen LogP contribution in [-0.4, -0.2) is 37.4 Å². The van der Waals surface area contributed by atoms with Crippen LogP contribution in [0.3, 0.4) is 0 Å². The molecule has 8 nitrogen and oxygen atoms in total. The first-order valence-corrected chi connectivity index (χ1v) is 8.91. The number of hydrogen-bond acceptors (Lipinski definition) is 4. The predicted molar refractivity (Wildman–Crippen MR) is 102 cm³/mol. The molecule has 0 aliphatic rings. The molecule has 0 saturated carbocycles. The van der Waals surface area contributed by atoms with E-state index in [2.05, 4.69) is 20.7 Å². The Morgan fingerprint density at radius 1 is 1.30 bits per heavy atom. The zero-order valence-electron chi connectivity index (χ0n) is 15.8. The molecule has 1 aromatic carbocycles. The van der Waals surface area contributed by atoms with Crippen molar-refractivity contribution < 1.29 is 14.7 Å². The van der Waals surface area contributed by atoms with Gasteiger partial charge in [-0.15, -0.1) is 0 Å². The minimum absolute atomic E-state index is 0.160. The molecule has 2 amide bonds. The van der Waals surface area contributed by atoms with Crippen LogP contribution in [0, 0.1) is 5.41 Å². The van der Waals surface area contributed by atoms with Gasteiger partial charge in [-0.05, 0) is 35.6 Å². The summed E-state index contributed by atoms with van der Waals surface area (Å²) in [6, 6.07) is 5.24. The van der Waals surface area contributed by atoms with Gasteiger partial charge in [-0.1, -0.05) is 39.3 Å². The number of carbonyl (C=O) groups is 2. The molecule has 1 aromatic heterocycles. The largest absolute Gasteiger partial charge is 0.465 e. The normalized spacial score (nSPS) is 13.7. The molecule has 2 aromatic rings. The summed E-state index contributed by atoms with van der Waals surface area (Å²) < 4.78 is 1.57. The number of carboxylic acid groups (broad SMARTS) is 1. The van der Waals surface area contributed by atoms with Gasteiger partial charge in [0.15, 0.2) is 0 Å². The molecular formula is C18H24ClN5O3. The molecule has 0 aliphatic carbocycles. The van der Waals surface area contributed by atoms with E-state index >= 15 is 0 Å². The van der Waals surface area contributed by atoms with Crippen molar-refractivity contribution in [1.29, 1.82) is 0 Å². The summed E-state index contributed by atoms with van der Waals surface area (Å²) in [6.45, 7) is 7.42. The molecule has 0 radical (unpaired) electrons. The van der Waals surface area contributed by atoms with Crippen LogP contribution < -0.4 is 10.6 Å². The Morgan fingerprint density at radius 3 is 2.52 bits per heavy atom. The first-order valence-electron chi connectivity index (χ1n) is 8.53. The summed E-state index contributed by atoms with van der Waals surface area (Å²) >= 11 is 6.10. The van der Waals surface area contributed by atoms with E-state index in [-0.39, 0.29) is 6.54 Å². The van der Waals surface area contributed by atoms with E-state index in [1.165, 1.54) is 6.33 Å². The fourth-order valence-electron chi connectivity index (χ4n) is 3.12. The van der Waals surface area contributed by atoms with Crippen molar-refractivity contribution in [2.45, 2.75) is 46.2 Å². The zero-order valence-corrected chi connectivity index (χ0v) is 16.5. The van der Waals surface area contributed by atoms with Gasteiger partial charge in [0.05, 0.1) is 5.69 Å². The topological polar surface area (TPSA) is 109 Å². The quantitative estimate of drug-likeness (QED) is 0.698. The van der Waals surface area contributed by atoms with Gasteiger partial charge in [-0.2, -0.15) is 5.10 Å². The molecule has 1 atom stereocenters. The van der Waals surface area contributed by atoms with Crippen LogP contribution in [0.5, 0.6) is 0 Å². The second-order valence-electron chi connectivity index (χ2n) is 7.23. The van der Waals surface area contributed by atoms with E-state index < -0.39 is 23.0 Å². The third kappa shape index (κ3) is 4.39. The highest BCUT2D eigenvalue weighted by Gasteiger charge is 2.48. The summed E-state index contributed by atoms with van der Waals surface area (Å²) in [7, 11) is 0. The van der Waals surface area contributed by atoms with E-state index in [0.29, 0.717) is 11.4 Å². The van der Waals surface area contributed by atoms with E-state index in [9.17, 15) is 14.7 Å². The number of rotatable bonds is 6. The van der Waals surface area contributed by atoms with Gasteiger partial charge in [0.25, 0.3) is 0 Å². The zero-order chi connectivity index (χ0) is 20.2. The van der Waals surface area contributed by atoms with Crippen molar-refractivity contribution in [1.82, 2.24) is 25.4 Å². The van der Waals surface area contributed by atoms with Crippen molar-refractivity contribution in [3.05, 3.63) is 41.4 Å². The summed E-state index contributed by atoms with van der Waals surface area (Å²) in [5.41, 5.74) is -0.449. The van der Waals surface area contributed by atoms with Crippen molar-refractivity contribution in [3.8, 4) is 5.69 Å². The van der Waals surface area contributed by atoms with Crippen molar-refractivity contribution in [2.75, 3.05) is 0 Å². The molecule has 1 unspecified atom stereocenters. The first kappa shape index (κ1) is 20.7. The molecule has 0 bridgehead atoms. The summed E-state index contributed by atoms with van der Waals surface area (Å²) in [6.07, 6.45) is 2.02. The molecule has 27 heavy (non-hydrogen) atoms. The van der Waals surface area contributed by atoms with Crippen molar-refractivity contribution in [2.24, 2.45) is 5.41 Å². The number of amides is 2. The molecule has 2 rings (SSSR count). The van der Waals surface area contributed by atoms with Crippen LogP contribution in [0.4, 0.5) is 4.79 Å². The smallest absolute Gasteiger partial charge is 0.405 e. The SMILES string of the molecule is CCC(NC(=O)O)(C(=O)NCc1cc(Cl)ccc1-n1cncn1)C(C)(C)C. The predicted octanol–water partition coefficient (Wildman–Crippen LogP) is 3.00. The summed E-state index contributed by atoms with van der Waals surface area (Å²) in [4.78, 5) is 28.3. The number of nitrogens with zero attached hydrogens (tertiary/aromatic N) is 3. The standard InChI is InChI=1S/C18H24ClN5O3/c1-5-18(17(2,3)4,23-16(26)27)15(25)21-9-12-8-13(19)6-7-14(12)24-11-20-10-22-24/h6-8,10-11,23H,5,9H2,1-4H3,(H,21,25)(H,26,27). The molecule has 1 heterocycles. The lowest BCUT2D eigenvalue weighted by Gasteiger charge is -2.42. The number of nitrogens with one attached hydrogen (secondary N) is 2. The van der Waals surface area contributed by atoms with Gasteiger partial charge in [0.1, 0.15) is 18.2 Å². The lowest BCUT2D eigenvalue weighted by molar-refractivity contribution is -0.132. The minimum Gasteiger partial charge on any atom is -0.465 e. The Morgan fingerprint density at radius 2 is 2.00 bits per heavy atom. The maximum Gasteiger partial charge on any atom is 0.405 e. The van der Waals surface area contributed by atoms with E-state index in [1.54, 1.807) is 36.1 Å². The van der Waals surface area contributed by atoms with E-state index in [0.717, 1.165) is 11.3 Å². The Kier molecular flexibility index (Phi) is 6.10. The highest BCUT2D eigenvalue weighted by molar-refractivity contribution is 6.30. The molecule has 0 aliphatic heterocycles. The molecule has 0 spiro atoms. The number of aromatic nitrogens is 3. The van der Waals surface area contributed by atoms with Gasteiger partial charge in [0, 0.05) is 11.6 Å². The van der Waals surface area contributed by atoms with Gasteiger partial charge < -0.3 is 15.7 Å². The van der Waals surface area contributed by atoms with Crippen LogP contribution >= 0.6 is 11.6 Å². The number of carbonyl (C=O) groups excluding carboxylic acids is 1. The minimum atomic E-state index is -1.27. The summed E-state index contributed by atoms with van der Waals surface area (Å²) in [5, 5.41) is 19.2. The molecule has 0 saturated heterocycles. The van der Waals surface area contributed by atoms with Crippen LogP contribution in [0.15, 0.2) is 30.9 Å².